The minimum Gasteiger partial charge on any atom is -0.507 e. The summed E-state index contributed by atoms with van der Waals surface area (Å²) in [5.41, 5.74) is 1.92. The normalized spacial score (nSPS) is 17.4. The first-order valence-electron chi connectivity index (χ1n) is 12.2. The monoisotopic (exact) mass is 492 g/mol. The molecular formula is C28H32N2O6. The molecule has 3 aromatic rings. The van der Waals surface area contributed by atoms with Gasteiger partial charge in [-0.05, 0) is 45.9 Å². The zero-order valence-electron chi connectivity index (χ0n) is 21.0. The first-order chi connectivity index (χ1) is 17.4. The first kappa shape index (κ1) is 25.3. The SMILES string of the molecule is CCOc1ccc(/C(O)=C2\C(=O)C(=O)N(CCOC(C)C)C2c2c[nH]c3ccccc23)c(OCC)c1. The standard InChI is InChI=1S/C28H32N2O6/c1-5-34-18-11-12-20(23(15-18)35-6-2)26(31)24-25(21-16-29-22-10-8-7-9-19(21)22)30(28(33)27(24)32)13-14-36-17(3)4/h7-12,15-17,25,29,31H,5-6,13-14H2,1-4H3/b26-24+. The fourth-order valence-corrected chi connectivity index (χ4v) is 4.52. The number of likely N-dealkylation sites (tertiary alicyclic amines) is 1. The van der Waals surface area contributed by atoms with Crippen molar-refractivity contribution in [2.45, 2.75) is 39.8 Å². The molecule has 1 saturated heterocycles. The second-order valence-electron chi connectivity index (χ2n) is 8.73. The lowest BCUT2D eigenvalue weighted by molar-refractivity contribution is -0.140. The summed E-state index contributed by atoms with van der Waals surface area (Å²) in [4.78, 5) is 31.3. The third-order valence-electron chi connectivity index (χ3n) is 6.06. The van der Waals surface area contributed by atoms with Gasteiger partial charge in [-0.25, -0.2) is 0 Å². The maximum absolute atomic E-state index is 13.4. The smallest absolute Gasteiger partial charge is 0.295 e. The number of Topliss-reactive ketones (excluding diaryl/α,β-unsaturated/α-hetero) is 1. The van der Waals surface area contributed by atoms with E-state index in [1.807, 2.05) is 52.0 Å². The summed E-state index contributed by atoms with van der Waals surface area (Å²) >= 11 is 0. The number of para-hydroxylation sites is 1. The van der Waals surface area contributed by atoms with Crippen LogP contribution in [0.5, 0.6) is 11.5 Å². The van der Waals surface area contributed by atoms with Gasteiger partial charge in [-0.1, -0.05) is 18.2 Å². The highest BCUT2D eigenvalue weighted by Crippen LogP contribution is 2.43. The third-order valence-corrected chi connectivity index (χ3v) is 6.06. The van der Waals surface area contributed by atoms with Gasteiger partial charge in [0.1, 0.15) is 17.3 Å². The summed E-state index contributed by atoms with van der Waals surface area (Å²) in [5.74, 6) is -0.765. The average Bonchev–Trinajstić information content (AvgIpc) is 3.38. The van der Waals surface area contributed by atoms with Gasteiger partial charge in [0.2, 0.25) is 0 Å². The van der Waals surface area contributed by atoms with Crippen LogP contribution < -0.4 is 9.47 Å². The maximum atomic E-state index is 13.4. The summed E-state index contributed by atoms with van der Waals surface area (Å²) in [5, 5.41) is 12.4. The van der Waals surface area contributed by atoms with Crippen LogP contribution in [0, 0.1) is 0 Å². The van der Waals surface area contributed by atoms with E-state index in [2.05, 4.69) is 4.98 Å². The van der Waals surface area contributed by atoms with Crippen molar-refractivity contribution in [3.63, 3.8) is 0 Å². The number of aromatic nitrogens is 1. The molecule has 1 aromatic heterocycles. The lowest BCUT2D eigenvalue weighted by atomic mass is 9.94. The van der Waals surface area contributed by atoms with Crippen LogP contribution in [0.2, 0.25) is 0 Å². The van der Waals surface area contributed by atoms with Crippen molar-refractivity contribution in [1.82, 2.24) is 9.88 Å². The van der Waals surface area contributed by atoms with E-state index >= 15 is 0 Å². The van der Waals surface area contributed by atoms with Crippen LogP contribution in [0.25, 0.3) is 16.7 Å². The van der Waals surface area contributed by atoms with Crippen LogP contribution in [0.4, 0.5) is 0 Å². The van der Waals surface area contributed by atoms with Crippen LogP contribution >= 0.6 is 0 Å². The molecule has 0 bridgehead atoms. The topological polar surface area (TPSA) is 101 Å². The second kappa shape index (κ2) is 10.9. The summed E-state index contributed by atoms with van der Waals surface area (Å²) in [6.45, 7) is 8.81. The van der Waals surface area contributed by atoms with E-state index in [1.54, 1.807) is 24.4 Å². The van der Waals surface area contributed by atoms with E-state index < -0.39 is 17.7 Å². The zero-order chi connectivity index (χ0) is 25.8. The molecule has 1 fully saturated rings. The number of ether oxygens (including phenoxy) is 3. The minimum absolute atomic E-state index is 0.0133. The van der Waals surface area contributed by atoms with Crippen molar-refractivity contribution in [2.24, 2.45) is 0 Å². The summed E-state index contributed by atoms with van der Waals surface area (Å²) in [6, 6.07) is 11.9. The van der Waals surface area contributed by atoms with Crippen molar-refractivity contribution in [1.29, 1.82) is 0 Å². The number of benzene rings is 2. The van der Waals surface area contributed by atoms with Crippen molar-refractivity contribution >= 4 is 28.4 Å². The number of hydrogen-bond donors (Lipinski definition) is 2. The molecule has 190 valence electrons. The van der Waals surface area contributed by atoms with Gasteiger partial charge in [-0.2, -0.15) is 0 Å². The van der Waals surface area contributed by atoms with Crippen molar-refractivity contribution in [3.8, 4) is 11.5 Å². The van der Waals surface area contributed by atoms with E-state index in [1.165, 1.54) is 4.90 Å². The number of amides is 1. The Morgan fingerprint density at radius 2 is 1.83 bits per heavy atom. The summed E-state index contributed by atoms with van der Waals surface area (Å²) in [7, 11) is 0. The van der Waals surface area contributed by atoms with Crippen molar-refractivity contribution in [3.05, 3.63) is 65.4 Å². The van der Waals surface area contributed by atoms with Crippen LogP contribution in [-0.2, 0) is 14.3 Å². The number of hydrogen-bond acceptors (Lipinski definition) is 6. The zero-order valence-corrected chi connectivity index (χ0v) is 21.0. The number of H-pyrrole nitrogens is 1. The van der Waals surface area contributed by atoms with Gasteiger partial charge in [0, 0.05) is 35.3 Å². The number of aliphatic hydroxyl groups is 1. The average molecular weight is 493 g/mol. The number of nitrogens with one attached hydrogen (secondary N) is 1. The molecule has 8 heteroatoms. The first-order valence-corrected chi connectivity index (χ1v) is 12.2. The molecule has 1 aliphatic heterocycles. The molecule has 1 aliphatic rings. The molecule has 2 aromatic carbocycles. The van der Waals surface area contributed by atoms with Crippen LogP contribution in [0.15, 0.2) is 54.2 Å². The van der Waals surface area contributed by atoms with Gasteiger partial charge in [0.25, 0.3) is 11.7 Å². The number of aliphatic hydroxyl groups excluding tert-OH is 1. The van der Waals surface area contributed by atoms with Crippen LogP contribution in [-0.4, -0.2) is 59.2 Å². The molecule has 1 unspecified atom stereocenters. The molecule has 2 N–H and O–H groups in total. The van der Waals surface area contributed by atoms with E-state index in [9.17, 15) is 14.7 Å². The van der Waals surface area contributed by atoms with Gasteiger partial charge in [-0.15, -0.1) is 0 Å². The number of nitrogens with zero attached hydrogens (tertiary/aromatic N) is 1. The van der Waals surface area contributed by atoms with Crippen LogP contribution in [0.1, 0.15) is 44.9 Å². The van der Waals surface area contributed by atoms with E-state index in [4.69, 9.17) is 14.2 Å². The van der Waals surface area contributed by atoms with Gasteiger partial charge in [-0.3, -0.25) is 9.59 Å². The van der Waals surface area contributed by atoms with Crippen molar-refractivity contribution in [2.75, 3.05) is 26.4 Å². The molecule has 0 radical (unpaired) electrons. The largest absolute Gasteiger partial charge is 0.507 e. The molecular weight excluding hydrogens is 460 g/mol. The predicted octanol–water partition coefficient (Wildman–Crippen LogP) is 4.81. The number of ketones is 1. The van der Waals surface area contributed by atoms with Gasteiger partial charge in [0.05, 0.1) is 43.1 Å². The van der Waals surface area contributed by atoms with E-state index in [0.717, 1.165) is 16.5 Å². The molecule has 0 spiro atoms. The Morgan fingerprint density at radius 1 is 1.08 bits per heavy atom. The highest BCUT2D eigenvalue weighted by molar-refractivity contribution is 6.46. The molecule has 36 heavy (non-hydrogen) atoms. The van der Waals surface area contributed by atoms with E-state index in [0.29, 0.717) is 30.3 Å². The summed E-state index contributed by atoms with van der Waals surface area (Å²) < 4.78 is 17.0. The Labute approximate surface area is 210 Å². The molecule has 1 amide bonds. The number of rotatable bonds is 10. The van der Waals surface area contributed by atoms with E-state index in [-0.39, 0.29) is 30.6 Å². The molecule has 8 nitrogen and oxygen atoms in total. The Morgan fingerprint density at radius 3 is 2.56 bits per heavy atom. The Bertz CT molecular complexity index is 1290. The van der Waals surface area contributed by atoms with Crippen LogP contribution in [0.3, 0.4) is 0 Å². The predicted molar refractivity (Wildman–Crippen MR) is 137 cm³/mol. The fraction of sp³-hybridized carbons (Fsp3) is 0.357. The summed E-state index contributed by atoms with van der Waals surface area (Å²) in [6.07, 6.45) is 1.76. The van der Waals surface area contributed by atoms with Gasteiger partial charge in [0.15, 0.2) is 0 Å². The number of aromatic amines is 1. The molecule has 0 saturated carbocycles. The molecule has 2 heterocycles. The second-order valence-corrected chi connectivity index (χ2v) is 8.73. The Balaban J connectivity index is 1.88. The lowest BCUT2D eigenvalue weighted by Crippen LogP contribution is -2.33. The molecule has 4 rings (SSSR count). The highest BCUT2D eigenvalue weighted by Gasteiger charge is 2.47. The molecule has 1 atom stereocenters. The highest BCUT2D eigenvalue weighted by atomic mass is 16.5. The fourth-order valence-electron chi connectivity index (χ4n) is 4.52. The maximum Gasteiger partial charge on any atom is 0.295 e. The number of carbonyl (C=O) groups is 2. The van der Waals surface area contributed by atoms with Gasteiger partial charge >= 0.3 is 0 Å². The van der Waals surface area contributed by atoms with Gasteiger partial charge < -0.3 is 29.2 Å². The van der Waals surface area contributed by atoms with Crippen molar-refractivity contribution < 1.29 is 28.9 Å². The third kappa shape index (κ3) is 4.81. The Kier molecular flexibility index (Phi) is 7.64. The minimum atomic E-state index is -0.794. The number of carbonyl (C=O) groups excluding carboxylic acids is 2. The Hall–Kier alpha value is -3.78. The lowest BCUT2D eigenvalue weighted by Gasteiger charge is -2.25. The molecule has 0 aliphatic carbocycles. The quantitative estimate of drug-likeness (QED) is 0.239. The number of fused-ring (bicyclic) bond motifs is 1.